The van der Waals surface area contributed by atoms with E-state index in [-0.39, 0.29) is 5.92 Å². The summed E-state index contributed by atoms with van der Waals surface area (Å²) in [4.78, 5) is 11.7. The van der Waals surface area contributed by atoms with E-state index in [0.29, 0.717) is 35.9 Å². The third-order valence-electron chi connectivity index (χ3n) is 9.25. The molecule has 3 fully saturated rings. The first-order valence-electron chi connectivity index (χ1n) is 12.4. The van der Waals surface area contributed by atoms with Crippen LogP contribution in [0.15, 0.2) is 0 Å². The van der Waals surface area contributed by atoms with Crippen molar-refractivity contribution < 1.29 is 14.3 Å². The molecule has 29 heavy (non-hydrogen) atoms. The molecule has 0 bridgehead atoms. The molecule has 0 amide bonds. The van der Waals surface area contributed by atoms with E-state index in [1.165, 1.54) is 57.7 Å². The number of ether oxygens (including phenoxy) is 2. The molecule has 5 atom stereocenters. The summed E-state index contributed by atoms with van der Waals surface area (Å²) >= 11 is 0. The second kappa shape index (κ2) is 10.3. The van der Waals surface area contributed by atoms with E-state index in [0.717, 1.165) is 23.7 Å². The molecule has 3 aliphatic rings. The summed E-state index contributed by atoms with van der Waals surface area (Å²) < 4.78 is 11.6. The summed E-state index contributed by atoms with van der Waals surface area (Å²) in [5.74, 6) is 5.86. The summed E-state index contributed by atoms with van der Waals surface area (Å²) in [6.07, 6.45) is 12.4. The van der Waals surface area contributed by atoms with E-state index >= 15 is 0 Å². The molecule has 3 aliphatic carbocycles. The lowest BCUT2D eigenvalue weighted by molar-refractivity contribution is -0.117. The minimum absolute atomic E-state index is 0.262. The Hall–Kier alpha value is -0.410. The number of carbonyl (C=O) groups is 1. The maximum atomic E-state index is 11.7. The second-order valence-electron chi connectivity index (χ2n) is 11.1. The number of hydrogen-bond acceptors (Lipinski definition) is 3. The Morgan fingerprint density at radius 3 is 1.59 bits per heavy atom. The lowest BCUT2D eigenvalue weighted by Crippen LogP contribution is -2.45. The molecule has 0 aromatic heterocycles. The zero-order valence-corrected chi connectivity index (χ0v) is 19.8. The highest BCUT2D eigenvalue weighted by Gasteiger charge is 2.45. The molecule has 0 radical (unpaired) electrons. The molecule has 3 saturated carbocycles. The van der Waals surface area contributed by atoms with Gasteiger partial charge < -0.3 is 14.3 Å². The molecule has 0 saturated heterocycles. The summed E-state index contributed by atoms with van der Waals surface area (Å²) in [6, 6.07) is 0. The molecule has 0 aromatic carbocycles. The van der Waals surface area contributed by atoms with Crippen LogP contribution in [0, 0.1) is 53.3 Å². The van der Waals surface area contributed by atoms with Crippen molar-refractivity contribution in [2.75, 3.05) is 14.2 Å². The zero-order valence-electron chi connectivity index (χ0n) is 19.8. The van der Waals surface area contributed by atoms with Crippen molar-refractivity contribution in [2.45, 2.75) is 91.3 Å². The Kier molecular flexibility index (Phi) is 8.23. The highest BCUT2D eigenvalue weighted by atomic mass is 16.5. The highest BCUT2D eigenvalue weighted by Crippen LogP contribution is 2.52. The summed E-state index contributed by atoms with van der Waals surface area (Å²) in [7, 11) is 3.77. The van der Waals surface area contributed by atoms with Crippen LogP contribution in [-0.4, -0.2) is 32.7 Å². The first-order chi connectivity index (χ1) is 13.9. The Labute approximate surface area is 179 Å². The first-order valence-corrected chi connectivity index (χ1v) is 12.4. The smallest absolute Gasteiger partial charge is 0.123 e. The lowest BCUT2D eigenvalue weighted by atomic mass is 9.56. The molecule has 3 nitrogen and oxygen atoms in total. The van der Waals surface area contributed by atoms with Crippen molar-refractivity contribution in [1.82, 2.24) is 0 Å². The van der Waals surface area contributed by atoms with Crippen molar-refractivity contribution in [3.63, 3.8) is 0 Å². The number of methoxy groups -OCH3 is 2. The van der Waals surface area contributed by atoms with Gasteiger partial charge in [-0.3, -0.25) is 0 Å². The van der Waals surface area contributed by atoms with E-state index in [1.807, 2.05) is 14.2 Å². The van der Waals surface area contributed by atoms with Gasteiger partial charge in [0.2, 0.25) is 0 Å². The summed E-state index contributed by atoms with van der Waals surface area (Å²) in [6.45, 7) is 9.47. The number of hydrogen-bond donors (Lipinski definition) is 0. The van der Waals surface area contributed by atoms with Crippen LogP contribution in [0.4, 0.5) is 0 Å². The van der Waals surface area contributed by atoms with Crippen LogP contribution in [0.2, 0.25) is 0 Å². The second-order valence-corrected chi connectivity index (χ2v) is 11.1. The van der Waals surface area contributed by atoms with Gasteiger partial charge in [-0.15, -0.1) is 0 Å². The van der Waals surface area contributed by atoms with Gasteiger partial charge in [0, 0.05) is 20.1 Å². The van der Waals surface area contributed by atoms with Gasteiger partial charge in [0.25, 0.3) is 0 Å². The molecule has 3 rings (SSSR count). The molecule has 0 heterocycles. The first kappa shape index (κ1) is 23.3. The van der Waals surface area contributed by atoms with Gasteiger partial charge in [-0.05, 0) is 98.7 Å². The predicted molar refractivity (Wildman–Crippen MR) is 119 cm³/mol. The fourth-order valence-corrected chi connectivity index (χ4v) is 8.03. The standard InChI is InChI=1S/C26H46O3/c1-16-11-21(12-17(2)24(16)15-27)25(20-7-9-23(28-5)10-8-20)22-13-18(3)26(29-6)19(4)14-22/h15-26H,7-14H2,1-6H3. The Bertz CT molecular complexity index is 488. The van der Waals surface area contributed by atoms with Crippen molar-refractivity contribution in [2.24, 2.45) is 53.3 Å². The summed E-state index contributed by atoms with van der Waals surface area (Å²) in [5, 5.41) is 0. The average Bonchev–Trinajstić information content (AvgIpc) is 2.68. The van der Waals surface area contributed by atoms with Crippen LogP contribution in [0.1, 0.15) is 79.1 Å². The van der Waals surface area contributed by atoms with Crippen molar-refractivity contribution in [3.8, 4) is 0 Å². The number of aldehydes is 1. The third-order valence-corrected chi connectivity index (χ3v) is 9.25. The molecular weight excluding hydrogens is 360 g/mol. The third kappa shape index (κ3) is 5.09. The molecule has 0 aromatic rings. The number of rotatable bonds is 6. The van der Waals surface area contributed by atoms with Crippen LogP contribution < -0.4 is 0 Å². The van der Waals surface area contributed by atoms with Crippen LogP contribution >= 0.6 is 0 Å². The molecular formula is C26H46O3. The topological polar surface area (TPSA) is 35.5 Å². The molecule has 0 spiro atoms. The van der Waals surface area contributed by atoms with Crippen molar-refractivity contribution in [1.29, 1.82) is 0 Å². The fraction of sp³-hybridized carbons (Fsp3) is 0.962. The summed E-state index contributed by atoms with van der Waals surface area (Å²) in [5.41, 5.74) is 0. The van der Waals surface area contributed by atoms with Gasteiger partial charge in [-0.25, -0.2) is 0 Å². The van der Waals surface area contributed by atoms with Crippen LogP contribution in [0.3, 0.4) is 0 Å². The maximum Gasteiger partial charge on any atom is 0.123 e. The maximum absolute atomic E-state index is 11.7. The van der Waals surface area contributed by atoms with Gasteiger partial charge in [0.05, 0.1) is 12.2 Å². The van der Waals surface area contributed by atoms with E-state index < -0.39 is 0 Å². The van der Waals surface area contributed by atoms with Gasteiger partial charge >= 0.3 is 0 Å². The van der Waals surface area contributed by atoms with Gasteiger partial charge in [-0.2, -0.15) is 0 Å². The minimum atomic E-state index is 0.262. The van der Waals surface area contributed by atoms with Crippen LogP contribution in [0.25, 0.3) is 0 Å². The van der Waals surface area contributed by atoms with E-state index in [4.69, 9.17) is 9.47 Å². The van der Waals surface area contributed by atoms with E-state index in [2.05, 4.69) is 27.7 Å². The van der Waals surface area contributed by atoms with E-state index in [9.17, 15) is 4.79 Å². The molecule has 168 valence electrons. The quantitative estimate of drug-likeness (QED) is 0.507. The van der Waals surface area contributed by atoms with Crippen LogP contribution in [-0.2, 0) is 14.3 Å². The van der Waals surface area contributed by atoms with Crippen molar-refractivity contribution >= 4 is 6.29 Å². The normalized spacial score (nSPS) is 47.5. The SMILES string of the molecule is COC1CCC(C(C2CC(C)C(C=O)C(C)C2)C2CC(C)C(OC)C(C)C2)CC1. The van der Waals surface area contributed by atoms with Gasteiger partial charge in [0.15, 0.2) is 0 Å². The minimum Gasteiger partial charge on any atom is -0.381 e. The predicted octanol–water partition coefficient (Wildman–Crippen LogP) is 6.00. The van der Waals surface area contributed by atoms with Gasteiger partial charge in [-0.1, -0.05) is 27.7 Å². The highest BCUT2D eigenvalue weighted by molar-refractivity contribution is 5.54. The Morgan fingerprint density at radius 1 is 0.690 bits per heavy atom. The molecule has 0 aliphatic heterocycles. The molecule has 0 N–H and O–H groups in total. The lowest BCUT2D eigenvalue weighted by Gasteiger charge is -2.50. The largest absolute Gasteiger partial charge is 0.381 e. The Morgan fingerprint density at radius 2 is 1.17 bits per heavy atom. The van der Waals surface area contributed by atoms with Crippen molar-refractivity contribution in [3.05, 3.63) is 0 Å². The fourth-order valence-electron chi connectivity index (χ4n) is 8.03. The van der Waals surface area contributed by atoms with Gasteiger partial charge in [0.1, 0.15) is 6.29 Å². The molecule has 3 heteroatoms. The number of carbonyl (C=O) groups excluding carboxylic acids is 1. The zero-order chi connectivity index (χ0) is 21.1. The monoisotopic (exact) mass is 406 g/mol. The average molecular weight is 407 g/mol. The Balaban J connectivity index is 1.80. The molecule has 5 unspecified atom stereocenters. The van der Waals surface area contributed by atoms with Crippen LogP contribution in [0.5, 0.6) is 0 Å². The van der Waals surface area contributed by atoms with E-state index in [1.54, 1.807) is 0 Å².